The number of nitrogens with one attached hydrogen (secondary N) is 2. The Hall–Kier alpha value is -0.890. The Kier molecular flexibility index (Phi) is 5.43. The van der Waals surface area contributed by atoms with E-state index in [9.17, 15) is 8.42 Å². The molecule has 1 fully saturated rings. The van der Waals surface area contributed by atoms with Gasteiger partial charge in [-0.2, -0.15) is 0 Å². The van der Waals surface area contributed by atoms with E-state index < -0.39 is 10.0 Å². The summed E-state index contributed by atoms with van der Waals surface area (Å²) in [5.41, 5.74) is 0. The van der Waals surface area contributed by atoms with Gasteiger partial charge in [0.05, 0.1) is 6.54 Å². The summed E-state index contributed by atoms with van der Waals surface area (Å²) in [5, 5.41) is 3.32. The van der Waals surface area contributed by atoms with E-state index in [1.54, 1.807) is 13.0 Å². The Morgan fingerprint density at radius 1 is 1.38 bits per heavy atom. The molecular weight excluding hydrogens is 290 g/mol. The van der Waals surface area contributed by atoms with Gasteiger partial charge in [-0.1, -0.05) is 0 Å². The molecule has 0 aliphatic heterocycles. The van der Waals surface area contributed by atoms with Crippen molar-refractivity contribution in [1.82, 2.24) is 14.9 Å². The first kappa shape index (κ1) is 16.5. The second kappa shape index (κ2) is 6.91. The minimum absolute atomic E-state index is 0.250. The maximum atomic E-state index is 12.3. The zero-order chi connectivity index (χ0) is 15.5. The van der Waals surface area contributed by atoms with Gasteiger partial charge in [-0.05, 0) is 46.8 Å². The van der Waals surface area contributed by atoms with Gasteiger partial charge in [-0.3, -0.25) is 0 Å². The number of furan rings is 1. The molecule has 0 bridgehead atoms. The van der Waals surface area contributed by atoms with Crippen molar-refractivity contribution in [2.75, 3.05) is 27.2 Å². The number of aryl methyl sites for hydroxylation is 1. The quantitative estimate of drug-likeness (QED) is 0.667. The zero-order valence-corrected chi connectivity index (χ0v) is 13.8. The van der Waals surface area contributed by atoms with Crippen LogP contribution >= 0.6 is 0 Å². The molecule has 7 heteroatoms. The summed E-state index contributed by atoms with van der Waals surface area (Å²) in [5.74, 6) is 1.12. The molecule has 0 atom stereocenters. The number of nitrogens with zero attached hydrogens (tertiary/aromatic N) is 1. The highest BCUT2D eigenvalue weighted by molar-refractivity contribution is 7.89. The van der Waals surface area contributed by atoms with E-state index in [1.807, 2.05) is 19.0 Å². The van der Waals surface area contributed by atoms with Crippen LogP contribution in [0.15, 0.2) is 15.4 Å². The Labute approximate surface area is 126 Å². The van der Waals surface area contributed by atoms with Crippen molar-refractivity contribution < 1.29 is 12.8 Å². The molecule has 0 saturated heterocycles. The van der Waals surface area contributed by atoms with E-state index in [2.05, 4.69) is 10.0 Å². The molecule has 1 heterocycles. The molecule has 2 N–H and O–H groups in total. The lowest BCUT2D eigenvalue weighted by Gasteiger charge is -2.09. The summed E-state index contributed by atoms with van der Waals surface area (Å²) in [6.07, 6.45) is 3.16. The molecule has 0 amide bonds. The molecule has 0 radical (unpaired) electrons. The van der Waals surface area contributed by atoms with E-state index in [0.29, 0.717) is 30.7 Å². The Morgan fingerprint density at radius 2 is 2.10 bits per heavy atom. The Morgan fingerprint density at radius 3 is 2.71 bits per heavy atom. The number of hydrogen-bond donors (Lipinski definition) is 2. The van der Waals surface area contributed by atoms with Crippen molar-refractivity contribution in [3.63, 3.8) is 0 Å². The third-order valence-corrected chi connectivity index (χ3v) is 5.00. The summed E-state index contributed by atoms with van der Waals surface area (Å²) >= 11 is 0. The van der Waals surface area contributed by atoms with Crippen LogP contribution in [0.5, 0.6) is 0 Å². The van der Waals surface area contributed by atoms with Crippen LogP contribution in [0.3, 0.4) is 0 Å². The van der Waals surface area contributed by atoms with Gasteiger partial charge < -0.3 is 14.6 Å². The summed E-state index contributed by atoms with van der Waals surface area (Å²) < 4.78 is 32.7. The minimum atomic E-state index is -3.48. The van der Waals surface area contributed by atoms with Crippen LogP contribution in [0.2, 0.25) is 0 Å². The predicted molar refractivity (Wildman–Crippen MR) is 81.7 cm³/mol. The highest BCUT2D eigenvalue weighted by Crippen LogP contribution is 2.22. The van der Waals surface area contributed by atoms with Crippen molar-refractivity contribution in [1.29, 1.82) is 0 Å². The van der Waals surface area contributed by atoms with Crippen LogP contribution in [-0.4, -0.2) is 46.5 Å². The van der Waals surface area contributed by atoms with Gasteiger partial charge >= 0.3 is 0 Å². The fourth-order valence-electron chi connectivity index (χ4n) is 2.09. The lowest BCUT2D eigenvalue weighted by Crippen LogP contribution is -2.27. The summed E-state index contributed by atoms with van der Waals surface area (Å²) in [4.78, 5) is 2.28. The second-order valence-electron chi connectivity index (χ2n) is 5.84. The van der Waals surface area contributed by atoms with E-state index in [4.69, 9.17) is 4.42 Å². The van der Waals surface area contributed by atoms with Gasteiger partial charge in [0, 0.05) is 18.7 Å². The molecule has 0 spiro atoms. The highest BCUT2D eigenvalue weighted by atomic mass is 32.2. The SMILES string of the molecule is Cc1oc(CNC2CC2)cc1S(=O)(=O)NCCCN(C)C. The average Bonchev–Trinajstić information content (AvgIpc) is 3.14. The molecule has 120 valence electrons. The smallest absolute Gasteiger partial charge is 0.244 e. The molecule has 1 saturated carbocycles. The van der Waals surface area contributed by atoms with E-state index in [-0.39, 0.29) is 4.90 Å². The third-order valence-electron chi connectivity index (χ3n) is 3.43. The van der Waals surface area contributed by atoms with Gasteiger partial charge in [-0.25, -0.2) is 13.1 Å². The van der Waals surface area contributed by atoms with Gasteiger partial charge in [0.15, 0.2) is 0 Å². The minimum Gasteiger partial charge on any atom is -0.464 e. The first-order valence-electron chi connectivity index (χ1n) is 7.35. The van der Waals surface area contributed by atoms with E-state index in [0.717, 1.165) is 13.0 Å². The van der Waals surface area contributed by atoms with Crippen molar-refractivity contribution in [2.24, 2.45) is 0 Å². The molecule has 6 nitrogen and oxygen atoms in total. The monoisotopic (exact) mass is 315 g/mol. The van der Waals surface area contributed by atoms with Gasteiger partial charge in [0.25, 0.3) is 0 Å². The lowest BCUT2D eigenvalue weighted by atomic mass is 10.4. The van der Waals surface area contributed by atoms with Crippen molar-refractivity contribution in [3.8, 4) is 0 Å². The standard InChI is InChI=1S/C14H25N3O3S/c1-11-14(9-13(20-11)10-15-12-5-6-12)21(18,19)16-7-4-8-17(2)3/h9,12,15-16H,4-8,10H2,1-3H3. The average molecular weight is 315 g/mol. The van der Waals surface area contributed by atoms with Crippen LogP contribution in [0.1, 0.15) is 30.8 Å². The topological polar surface area (TPSA) is 74.6 Å². The molecule has 1 aliphatic rings. The first-order chi connectivity index (χ1) is 9.88. The van der Waals surface area contributed by atoms with Crippen LogP contribution in [0, 0.1) is 6.92 Å². The number of hydrogen-bond acceptors (Lipinski definition) is 5. The lowest BCUT2D eigenvalue weighted by molar-refractivity contribution is 0.400. The van der Waals surface area contributed by atoms with Crippen LogP contribution in [-0.2, 0) is 16.6 Å². The molecule has 21 heavy (non-hydrogen) atoms. The Balaban J connectivity index is 1.91. The fraction of sp³-hybridized carbons (Fsp3) is 0.714. The predicted octanol–water partition coefficient (Wildman–Crippen LogP) is 1.07. The summed E-state index contributed by atoms with van der Waals surface area (Å²) in [7, 11) is 0.451. The maximum Gasteiger partial charge on any atom is 0.244 e. The first-order valence-corrected chi connectivity index (χ1v) is 8.84. The highest BCUT2D eigenvalue weighted by Gasteiger charge is 2.23. The molecular formula is C14H25N3O3S. The normalized spacial score (nSPS) is 15.8. The molecule has 0 aromatic carbocycles. The van der Waals surface area contributed by atoms with Crippen LogP contribution < -0.4 is 10.0 Å². The summed E-state index contributed by atoms with van der Waals surface area (Å²) in [6, 6.07) is 2.19. The van der Waals surface area contributed by atoms with Crippen LogP contribution in [0.4, 0.5) is 0 Å². The van der Waals surface area contributed by atoms with Gasteiger partial charge in [-0.15, -0.1) is 0 Å². The maximum absolute atomic E-state index is 12.3. The van der Waals surface area contributed by atoms with Gasteiger partial charge in [0.1, 0.15) is 16.4 Å². The van der Waals surface area contributed by atoms with Crippen LogP contribution in [0.25, 0.3) is 0 Å². The third kappa shape index (κ3) is 5.10. The number of rotatable bonds is 9. The molecule has 1 aromatic heterocycles. The van der Waals surface area contributed by atoms with Crippen molar-refractivity contribution in [3.05, 3.63) is 17.6 Å². The largest absolute Gasteiger partial charge is 0.464 e. The molecule has 1 aliphatic carbocycles. The van der Waals surface area contributed by atoms with Crippen molar-refractivity contribution in [2.45, 2.75) is 43.7 Å². The fourth-order valence-corrected chi connectivity index (χ4v) is 3.37. The molecule has 1 aromatic rings. The summed E-state index contributed by atoms with van der Waals surface area (Å²) in [6.45, 7) is 3.56. The Bertz CT molecular complexity index is 562. The molecule has 0 unspecified atom stereocenters. The second-order valence-corrected chi connectivity index (χ2v) is 7.58. The van der Waals surface area contributed by atoms with E-state index >= 15 is 0 Å². The molecule has 2 rings (SSSR count). The van der Waals surface area contributed by atoms with E-state index in [1.165, 1.54) is 12.8 Å². The van der Waals surface area contributed by atoms with Gasteiger partial charge in [0.2, 0.25) is 10.0 Å². The zero-order valence-electron chi connectivity index (χ0n) is 13.0. The number of sulfonamides is 1. The van der Waals surface area contributed by atoms with Crippen molar-refractivity contribution >= 4 is 10.0 Å².